The van der Waals surface area contributed by atoms with Crippen molar-refractivity contribution < 1.29 is 4.79 Å². The summed E-state index contributed by atoms with van der Waals surface area (Å²) < 4.78 is 2.25. The summed E-state index contributed by atoms with van der Waals surface area (Å²) in [5.41, 5.74) is 2.26. The van der Waals surface area contributed by atoms with Crippen molar-refractivity contribution in [1.29, 1.82) is 5.26 Å². The van der Waals surface area contributed by atoms with Gasteiger partial charge in [0.1, 0.15) is 21.8 Å². The molecule has 2 fully saturated rings. The number of pyridine rings is 1. The quantitative estimate of drug-likeness (QED) is 0.379. The number of thiocarbonyl (C=S) groups is 1. The van der Waals surface area contributed by atoms with Gasteiger partial charge in [-0.1, -0.05) is 75.1 Å². The summed E-state index contributed by atoms with van der Waals surface area (Å²) >= 11 is 6.86. The normalized spacial score (nSPS) is 21.4. The van der Waals surface area contributed by atoms with Crippen LogP contribution in [0, 0.1) is 30.1 Å². The number of anilines is 1. The van der Waals surface area contributed by atoms with E-state index in [9.17, 15) is 14.9 Å². The average Bonchev–Trinajstić information content (AvgIpc) is 3.10. The predicted octanol–water partition coefficient (Wildman–Crippen LogP) is 5.32. The standard InChI is InChI=1S/C28H32N4O2S2/c1-5-11-31-25(30-15-18(2)12-19(3)16-30)22(20(4)23(14-29)26(31)33)13-24-27(34)32(28(35)36-24)17-21-9-7-6-8-10-21/h6-10,13,18-19H,5,11-12,15-17H2,1-4H3/b24-13-. The lowest BCUT2D eigenvalue weighted by atomic mass is 9.91. The van der Waals surface area contributed by atoms with Gasteiger partial charge in [-0.2, -0.15) is 5.26 Å². The average molecular weight is 521 g/mol. The number of amides is 1. The molecule has 2 aliphatic heterocycles. The smallest absolute Gasteiger partial charge is 0.270 e. The van der Waals surface area contributed by atoms with E-state index in [0.29, 0.717) is 39.7 Å². The first-order chi connectivity index (χ1) is 17.2. The lowest BCUT2D eigenvalue weighted by molar-refractivity contribution is -0.122. The van der Waals surface area contributed by atoms with Gasteiger partial charge < -0.3 is 4.90 Å². The van der Waals surface area contributed by atoms with Crippen LogP contribution in [0.15, 0.2) is 40.0 Å². The second-order valence-corrected chi connectivity index (χ2v) is 11.6. The molecule has 6 nitrogen and oxygen atoms in total. The number of hydrogen-bond donors (Lipinski definition) is 0. The molecule has 2 unspecified atom stereocenters. The molecular weight excluding hydrogens is 488 g/mol. The summed E-state index contributed by atoms with van der Waals surface area (Å²) in [4.78, 5) is 31.3. The Bertz CT molecular complexity index is 1300. The van der Waals surface area contributed by atoms with E-state index >= 15 is 0 Å². The minimum absolute atomic E-state index is 0.135. The minimum atomic E-state index is -0.258. The van der Waals surface area contributed by atoms with Crippen LogP contribution in [0.3, 0.4) is 0 Å². The highest BCUT2D eigenvalue weighted by Gasteiger charge is 2.34. The van der Waals surface area contributed by atoms with Crippen LogP contribution >= 0.6 is 24.0 Å². The monoisotopic (exact) mass is 520 g/mol. The zero-order valence-corrected chi connectivity index (χ0v) is 22.9. The van der Waals surface area contributed by atoms with Crippen molar-refractivity contribution in [3.05, 3.63) is 67.8 Å². The van der Waals surface area contributed by atoms with Crippen molar-refractivity contribution in [3.63, 3.8) is 0 Å². The molecule has 2 aromatic rings. The second-order valence-electron chi connectivity index (χ2n) is 9.91. The first kappa shape index (κ1) is 26.2. The minimum Gasteiger partial charge on any atom is -0.357 e. The summed E-state index contributed by atoms with van der Waals surface area (Å²) in [5.74, 6) is 1.62. The number of nitriles is 1. The van der Waals surface area contributed by atoms with Crippen LogP contribution in [0.5, 0.6) is 0 Å². The van der Waals surface area contributed by atoms with Crippen molar-refractivity contribution in [1.82, 2.24) is 9.47 Å². The number of aromatic nitrogens is 1. The van der Waals surface area contributed by atoms with Crippen LogP contribution in [-0.2, 0) is 17.9 Å². The van der Waals surface area contributed by atoms with Crippen LogP contribution in [0.4, 0.5) is 5.82 Å². The summed E-state index contributed by atoms with van der Waals surface area (Å²) in [7, 11) is 0. The molecule has 0 bridgehead atoms. The molecule has 188 valence electrons. The summed E-state index contributed by atoms with van der Waals surface area (Å²) in [6.07, 6.45) is 3.75. The van der Waals surface area contributed by atoms with E-state index in [1.54, 1.807) is 9.47 Å². The van der Waals surface area contributed by atoms with Gasteiger partial charge in [0, 0.05) is 25.2 Å². The lowest BCUT2D eigenvalue weighted by Gasteiger charge is -2.39. The van der Waals surface area contributed by atoms with Gasteiger partial charge in [-0.25, -0.2) is 0 Å². The number of benzene rings is 1. The van der Waals surface area contributed by atoms with Crippen LogP contribution in [0.25, 0.3) is 6.08 Å². The van der Waals surface area contributed by atoms with Gasteiger partial charge in [0.25, 0.3) is 11.5 Å². The molecule has 2 aliphatic rings. The summed E-state index contributed by atoms with van der Waals surface area (Å²) in [5, 5.41) is 9.86. The Hall–Kier alpha value is -2.89. The Morgan fingerprint density at radius 1 is 1.17 bits per heavy atom. The molecule has 3 heterocycles. The van der Waals surface area contributed by atoms with E-state index in [-0.39, 0.29) is 17.0 Å². The van der Waals surface area contributed by atoms with Gasteiger partial charge >= 0.3 is 0 Å². The number of thioether (sulfide) groups is 1. The SMILES string of the molecule is CCCn1c(N2CC(C)CC(C)C2)c(/C=C2\SC(=S)N(Cc3ccccc3)C2=O)c(C)c(C#N)c1=O. The van der Waals surface area contributed by atoms with Crippen LogP contribution in [-0.4, -0.2) is 32.8 Å². The molecule has 4 rings (SSSR count). The van der Waals surface area contributed by atoms with Gasteiger partial charge in [-0.15, -0.1) is 0 Å². The molecule has 0 radical (unpaired) electrons. The van der Waals surface area contributed by atoms with Crippen molar-refractivity contribution in [2.45, 2.75) is 53.6 Å². The van der Waals surface area contributed by atoms with Gasteiger partial charge in [-0.3, -0.25) is 19.1 Å². The number of rotatable bonds is 6. The number of nitrogens with zero attached hydrogens (tertiary/aromatic N) is 4. The molecule has 1 aromatic heterocycles. The van der Waals surface area contributed by atoms with Gasteiger partial charge in [0.05, 0.1) is 11.4 Å². The number of carbonyl (C=O) groups is 1. The highest BCUT2D eigenvalue weighted by atomic mass is 32.2. The predicted molar refractivity (Wildman–Crippen MR) is 151 cm³/mol. The Morgan fingerprint density at radius 3 is 2.44 bits per heavy atom. The van der Waals surface area contributed by atoms with E-state index in [2.05, 4.69) is 24.8 Å². The fourth-order valence-electron chi connectivity index (χ4n) is 5.29. The van der Waals surface area contributed by atoms with Gasteiger partial charge in [0.2, 0.25) is 0 Å². The maximum absolute atomic E-state index is 13.5. The molecule has 8 heteroatoms. The Labute approximate surface area is 222 Å². The molecule has 1 aromatic carbocycles. The highest BCUT2D eigenvalue weighted by Crippen LogP contribution is 2.37. The molecular formula is C28H32N4O2S2. The Balaban J connectivity index is 1.84. The third-order valence-corrected chi connectivity index (χ3v) is 8.17. The molecule has 0 aliphatic carbocycles. The van der Waals surface area contributed by atoms with Crippen molar-refractivity contribution in [3.8, 4) is 6.07 Å². The number of hydrogen-bond acceptors (Lipinski definition) is 6. The lowest BCUT2D eigenvalue weighted by Crippen LogP contribution is -2.43. The van der Waals surface area contributed by atoms with Gasteiger partial charge in [0.15, 0.2) is 0 Å². The fraction of sp³-hybridized carbons (Fsp3) is 0.429. The topological polar surface area (TPSA) is 69.3 Å². The van der Waals surface area contributed by atoms with E-state index in [1.165, 1.54) is 11.8 Å². The molecule has 2 atom stereocenters. The molecule has 36 heavy (non-hydrogen) atoms. The largest absolute Gasteiger partial charge is 0.357 e. The fourth-order valence-corrected chi connectivity index (χ4v) is 6.52. The van der Waals surface area contributed by atoms with Crippen molar-refractivity contribution in [2.75, 3.05) is 18.0 Å². The maximum atomic E-state index is 13.5. The van der Waals surface area contributed by atoms with Crippen molar-refractivity contribution in [2.24, 2.45) is 11.8 Å². The highest BCUT2D eigenvalue weighted by molar-refractivity contribution is 8.26. The molecule has 1 amide bonds. The van der Waals surface area contributed by atoms with E-state index in [1.807, 2.05) is 50.3 Å². The first-order valence-corrected chi connectivity index (χ1v) is 13.7. The van der Waals surface area contributed by atoms with E-state index in [0.717, 1.165) is 42.9 Å². The van der Waals surface area contributed by atoms with Crippen LogP contribution in [0.1, 0.15) is 55.9 Å². The van der Waals surface area contributed by atoms with Crippen molar-refractivity contribution >= 4 is 46.1 Å². The first-order valence-electron chi connectivity index (χ1n) is 12.5. The molecule has 0 spiro atoms. The summed E-state index contributed by atoms with van der Waals surface area (Å²) in [6.45, 7) is 10.9. The zero-order valence-electron chi connectivity index (χ0n) is 21.3. The Kier molecular flexibility index (Phi) is 8.01. The molecule has 0 N–H and O–H groups in total. The summed E-state index contributed by atoms with van der Waals surface area (Å²) in [6, 6.07) is 11.9. The Morgan fingerprint density at radius 2 is 1.83 bits per heavy atom. The zero-order chi connectivity index (χ0) is 26.0. The second kappa shape index (κ2) is 11.0. The van der Waals surface area contributed by atoms with E-state index < -0.39 is 0 Å². The van der Waals surface area contributed by atoms with Crippen LogP contribution < -0.4 is 10.5 Å². The molecule has 0 saturated carbocycles. The third kappa shape index (κ3) is 5.14. The number of carbonyl (C=O) groups excluding carboxylic acids is 1. The molecule has 2 saturated heterocycles. The van der Waals surface area contributed by atoms with Gasteiger partial charge in [-0.05, 0) is 48.8 Å². The van der Waals surface area contributed by atoms with E-state index in [4.69, 9.17) is 12.2 Å². The maximum Gasteiger partial charge on any atom is 0.270 e. The third-order valence-electron chi connectivity index (χ3n) is 6.79. The number of piperidine rings is 1. The van der Waals surface area contributed by atoms with Crippen LogP contribution in [0.2, 0.25) is 0 Å².